The normalized spacial score (nSPS) is 10.7. The van der Waals surface area contributed by atoms with E-state index in [2.05, 4.69) is 15.3 Å². The SMILES string of the molecule is Cc1ccccc1-c1nnn2cc(C=O)cnc12. The molecule has 0 atom stereocenters. The summed E-state index contributed by atoms with van der Waals surface area (Å²) in [6.45, 7) is 2.01. The molecule has 0 radical (unpaired) electrons. The molecule has 0 unspecified atom stereocenters. The molecule has 0 N–H and O–H groups in total. The number of aryl methyl sites for hydroxylation is 1. The number of carbonyl (C=O) groups is 1. The van der Waals surface area contributed by atoms with E-state index in [-0.39, 0.29) is 0 Å². The fourth-order valence-electron chi connectivity index (χ4n) is 1.88. The second-order valence-electron chi connectivity index (χ2n) is 4.03. The quantitative estimate of drug-likeness (QED) is 0.640. The van der Waals surface area contributed by atoms with Gasteiger partial charge < -0.3 is 0 Å². The number of carbonyl (C=O) groups excluding carboxylic acids is 1. The molecule has 0 aliphatic heterocycles. The van der Waals surface area contributed by atoms with Crippen molar-refractivity contribution in [3.05, 3.63) is 47.8 Å². The molecule has 5 heteroatoms. The standard InChI is InChI=1S/C13H10N4O/c1-9-4-2-3-5-11(9)12-13-14-6-10(8-18)7-17(13)16-15-12/h2-8H,1H3. The molecule has 18 heavy (non-hydrogen) atoms. The zero-order valence-corrected chi connectivity index (χ0v) is 9.74. The van der Waals surface area contributed by atoms with Gasteiger partial charge in [0, 0.05) is 18.0 Å². The molecule has 0 aliphatic rings. The van der Waals surface area contributed by atoms with Crippen LogP contribution in [-0.4, -0.2) is 26.1 Å². The Morgan fingerprint density at radius 3 is 2.89 bits per heavy atom. The first kappa shape index (κ1) is 10.6. The first-order valence-corrected chi connectivity index (χ1v) is 5.52. The van der Waals surface area contributed by atoms with E-state index in [4.69, 9.17) is 0 Å². The molecule has 3 rings (SSSR count). The van der Waals surface area contributed by atoms with Gasteiger partial charge >= 0.3 is 0 Å². The van der Waals surface area contributed by atoms with Crippen molar-refractivity contribution in [1.82, 2.24) is 19.8 Å². The fraction of sp³-hybridized carbons (Fsp3) is 0.0769. The van der Waals surface area contributed by atoms with Gasteiger partial charge in [0.15, 0.2) is 11.9 Å². The number of hydrogen-bond acceptors (Lipinski definition) is 4. The van der Waals surface area contributed by atoms with Gasteiger partial charge in [0.2, 0.25) is 0 Å². The number of hydrogen-bond donors (Lipinski definition) is 0. The number of benzene rings is 1. The molecule has 0 saturated carbocycles. The molecule has 0 bridgehead atoms. The maximum absolute atomic E-state index is 10.7. The Morgan fingerprint density at radius 2 is 2.11 bits per heavy atom. The van der Waals surface area contributed by atoms with Crippen molar-refractivity contribution < 1.29 is 4.79 Å². The summed E-state index contributed by atoms with van der Waals surface area (Å²) in [6, 6.07) is 7.92. The second-order valence-corrected chi connectivity index (χ2v) is 4.03. The van der Waals surface area contributed by atoms with E-state index in [0.717, 1.165) is 23.1 Å². The van der Waals surface area contributed by atoms with E-state index in [1.54, 1.807) is 6.20 Å². The Balaban J connectivity index is 2.25. The van der Waals surface area contributed by atoms with E-state index in [0.29, 0.717) is 11.2 Å². The molecule has 5 nitrogen and oxygen atoms in total. The summed E-state index contributed by atoms with van der Waals surface area (Å²) in [5, 5.41) is 8.13. The van der Waals surface area contributed by atoms with Gasteiger partial charge in [-0.05, 0) is 12.5 Å². The molecule has 0 spiro atoms. The van der Waals surface area contributed by atoms with Crippen molar-refractivity contribution in [2.75, 3.05) is 0 Å². The molecule has 3 aromatic rings. The summed E-state index contributed by atoms with van der Waals surface area (Å²) in [5.74, 6) is 0. The molecule has 0 fully saturated rings. The first-order chi connectivity index (χ1) is 8.79. The number of rotatable bonds is 2. The lowest BCUT2D eigenvalue weighted by atomic mass is 10.1. The molecule has 0 aliphatic carbocycles. The monoisotopic (exact) mass is 238 g/mol. The van der Waals surface area contributed by atoms with E-state index in [1.807, 2.05) is 31.2 Å². The van der Waals surface area contributed by atoms with Gasteiger partial charge in [-0.15, -0.1) is 5.10 Å². The Bertz CT molecular complexity index is 733. The van der Waals surface area contributed by atoms with Crippen molar-refractivity contribution in [3.8, 4) is 11.3 Å². The van der Waals surface area contributed by atoms with Crippen LogP contribution in [0.5, 0.6) is 0 Å². The van der Waals surface area contributed by atoms with Gasteiger partial charge in [-0.2, -0.15) is 0 Å². The second kappa shape index (κ2) is 4.03. The Hall–Kier alpha value is -2.56. The molecule has 0 amide bonds. The molecular weight excluding hydrogens is 228 g/mol. The van der Waals surface area contributed by atoms with Crippen LogP contribution in [0.25, 0.3) is 16.9 Å². The summed E-state index contributed by atoms with van der Waals surface area (Å²) in [4.78, 5) is 14.9. The average Bonchev–Trinajstić information content (AvgIpc) is 2.82. The summed E-state index contributed by atoms with van der Waals surface area (Å²) in [6.07, 6.45) is 3.87. The minimum Gasteiger partial charge on any atom is -0.298 e. The van der Waals surface area contributed by atoms with Crippen LogP contribution >= 0.6 is 0 Å². The van der Waals surface area contributed by atoms with Crippen molar-refractivity contribution in [3.63, 3.8) is 0 Å². The topological polar surface area (TPSA) is 60.2 Å². The minimum absolute atomic E-state index is 0.476. The third kappa shape index (κ3) is 1.57. The summed E-state index contributed by atoms with van der Waals surface area (Å²) in [7, 11) is 0. The predicted molar refractivity (Wildman–Crippen MR) is 66.3 cm³/mol. The van der Waals surface area contributed by atoms with Crippen LogP contribution in [0.1, 0.15) is 15.9 Å². The third-order valence-electron chi connectivity index (χ3n) is 2.81. The molecule has 0 saturated heterocycles. The zero-order chi connectivity index (χ0) is 12.5. The number of nitrogens with zero attached hydrogens (tertiary/aromatic N) is 4. The highest BCUT2D eigenvalue weighted by atomic mass is 16.1. The van der Waals surface area contributed by atoms with Gasteiger partial charge in [0.1, 0.15) is 5.69 Å². The highest BCUT2D eigenvalue weighted by molar-refractivity contribution is 5.78. The molecule has 2 aromatic heterocycles. The van der Waals surface area contributed by atoms with Crippen LogP contribution in [0.2, 0.25) is 0 Å². The smallest absolute Gasteiger partial charge is 0.183 e. The fourth-order valence-corrected chi connectivity index (χ4v) is 1.88. The first-order valence-electron chi connectivity index (χ1n) is 5.52. The lowest BCUT2D eigenvalue weighted by Gasteiger charge is -2.01. The van der Waals surface area contributed by atoms with Crippen LogP contribution in [0.4, 0.5) is 0 Å². The van der Waals surface area contributed by atoms with E-state index in [1.165, 1.54) is 10.7 Å². The Morgan fingerprint density at radius 1 is 1.28 bits per heavy atom. The van der Waals surface area contributed by atoms with E-state index < -0.39 is 0 Å². The lowest BCUT2D eigenvalue weighted by Crippen LogP contribution is -1.93. The number of aromatic nitrogens is 4. The summed E-state index contributed by atoms with van der Waals surface area (Å²) < 4.78 is 1.52. The summed E-state index contributed by atoms with van der Waals surface area (Å²) >= 11 is 0. The largest absolute Gasteiger partial charge is 0.298 e. The van der Waals surface area contributed by atoms with Crippen LogP contribution in [0.15, 0.2) is 36.7 Å². The maximum Gasteiger partial charge on any atom is 0.183 e. The molecule has 1 aromatic carbocycles. The number of fused-ring (bicyclic) bond motifs is 1. The highest BCUT2D eigenvalue weighted by Gasteiger charge is 2.11. The minimum atomic E-state index is 0.476. The third-order valence-corrected chi connectivity index (χ3v) is 2.81. The van der Waals surface area contributed by atoms with Gasteiger partial charge in [-0.1, -0.05) is 29.5 Å². The Labute approximate surface area is 103 Å². The van der Waals surface area contributed by atoms with Gasteiger partial charge in [-0.3, -0.25) is 4.79 Å². The average molecular weight is 238 g/mol. The number of aldehydes is 1. The summed E-state index contributed by atoms with van der Waals surface area (Å²) in [5.41, 5.74) is 3.96. The van der Waals surface area contributed by atoms with Crippen molar-refractivity contribution in [2.24, 2.45) is 0 Å². The predicted octanol–water partition coefficient (Wildman–Crippen LogP) is 1.91. The van der Waals surface area contributed by atoms with Crippen LogP contribution in [-0.2, 0) is 0 Å². The molecule has 2 heterocycles. The van der Waals surface area contributed by atoms with Crippen LogP contribution < -0.4 is 0 Å². The van der Waals surface area contributed by atoms with Crippen molar-refractivity contribution in [1.29, 1.82) is 0 Å². The van der Waals surface area contributed by atoms with E-state index in [9.17, 15) is 4.79 Å². The maximum atomic E-state index is 10.7. The Kier molecular flexibility index (Phi) is 2.37. The molecular formula is C13H10N4O. The van der Waals surface area contributed by atoms with Gasteiger partial charge in [-0.25, -0.2) is 9.50 Å². The van der Waals surface area contributed by atoms with Gasteiger partial charge in [0.05, 0.1) is 5.56 Å². The zero-order valence-electron chi connectivity index (χ0n) is 9.74. The van der Waals surface area contributed by atoms with Crippen LogP contribution in [0.3, 0.4) is 0 Å². The lowest BCUT2D eigenvalue weighted by molar-refractivity contribution is 0.112. The van der Waals surface area contributed by atoms with Gasteiger partial charge in [0.25, 0.3) is 0 Å². The van der Waals surface area contributed by atoms with Crippen molar-refractivity contribution in [2.45, 2.75) is 6.92 Å². The molecule has 88 valence electrons. The van der Waals surface area contributed by atoms with Crippen molar-refractivity contribution >= 4 is 11.9 Å². The van der Waals surface area contributed by atoms with E-state index >= 15 is 0 Å². The van der Waals surface area contributed by atoms with Crippen LogP contribution in [0, 0.1) is 6.92 Å². The highest BCUT2D eigenvalue weighted by Crippen LogP contribution is 2.23.